The van der Waals surface area contributed by atoms with Gasteiger partial charge in [-0.15, -0.1) is 0 Å². The summed E-state index contributed by atoms with van der Waals surface area (Å²) in [4.78, 5) is 14.2. The fourth-order valence-corrected chi connectivity index (χ4v) is 2.28. The minimum atomic E-state index is 0.0916. The predicted octanol–water partition coefficient (Wildman–Crippen LogP) is 1.69. The van der Waals surface area contributed by atoms with Gasteiger partial charge in [-0.3, -0.25) is 4.79 Å². The van der Waals surface area contributed by atoms with E-state index in [-0.39, 0.29) is 11.8 Å². The first-order valence-corrected chi connectivity index (χ1v) is 6.46. The summed E-state index contributed by atoms with van der Waals surface area (Å²) in [6, 6.07) is 7.88. The quantitative estimate of drug-likeness (QED) is 0.854. The van der Waals surface area contributed by atoms with Gasteiger partial charge in [-0.25, -0.2) is 0 Å². The number of benzene rings is 1. The summed E-state index contributed by atoms with van der Waals surface area (Å²) in [5, 5.41) is 6.31. The highest BCUT2D eigenvalue weighted by Gasteiger charge is 2.21. The second-order valence-electron chi connectivity index (χ2n) is 4.94. The van der Waals surface area contributed by atoms with E-state index in [2.05, 4.69) is 10.6 Å². The number of carbonyl (C=O) groups excluding carboxylic acids is 1. The summed E-state index contributed by atoms with van der Waals surface area (Å²) in [6.45, 7) is 1.81. The van der Waals surface area contributed by atoms with Crippen LogP contribution in [0.15, 0.2) is 24.3 Å². The van der Waals surface area contributed by atoms with Crippen LogP contribution in [0.2, 0.25) is 0 Å². The Morgan fingerprint density at radius 1 is 1.39 bits per heavy atom. The van der Waals surface area contributed by atoms with Gasteiger partial charge in [0, 0.05) is 20.6 Å². The van der Waals surface area contributed by atoms with Crippen LogP contribution in [-0.4, -0.2) is 33.1 Å². The van der Waals surface area contributed by atoms with E-state index in [9.17, 15) is 4.79 Å². The molecule has 2 N–H and O–H groups in total. The number of nitrogens with one attached hydrogen (secondary N) is 2. The Bertz CT molecular complexity index is 411. The van der Waals surface area contributed by atoms with E-state index in [4.69, 9.17) is 0 Å². The minimum absolute atomic E-state index is 0.0916. The largest absolute Gasteiger partial charge is 0.376 e. The summed E-state index contributed by atoms with van der Waals surface area (Å²) >= 11 is 0. The maximum Gasteiger partial charge on any atom is 0.228 e. The van der Waals surface area contributed by atoms with E-state index in [0.717, 1.165) is 37.3 Å². The van der Waals surface area contributed by atoms with Crippen LogP contribution in [0.5, 0.6) is 0 Å². The Labute approximate surface area is 108 Å². The third kappa shape index (κ3) is 3.01. The third-order valence-corrected chi connectivity index (χ3v) is 3.31. The molecule has 4 nitrogen and oxygen atoms in total. The molecule has 18 heavy (non-hydrogen) atoms. The van der Waals surface area contributed by atoms with Gasteiger partial charge < -0.3 is 15.5 Å². The molecule has 1 heterocycles. The van der Waals surface area contributed by atoms with Crippen molar-refractivity contribution in [3.63, 3.8) is 0 Å². The van der Waals surface area contributed by atoms with Gasteiger partial charge in [0.2, 0.25) is 5.91 Å². The summed E-state index contributed by atoms with van der Waals surface area (Å²) in [7, 11) is 3.96. The van der Waals surface area contributed by atoms with Crippen LogP contribution in [-0.2, 0) is 4.79 Å². The number of anilines is 2. The first-order valence-electron chi connectivity index (χ1n) is 6.46. The second-order valence-corrected chi connectivity index (χ2v) is 4.94. The fraction of sp³-hybridized carbons (Fsp3) is 0.500. The van der Waals surface area contributed by atoms with E-state index < -0.39 is 0 Å². The van der Waals surface area contributed by atoms with Gasteiger partial charge >= 0.3 is 0 Å². The molecule has 0 saturated carbocycles. The molecule has 98 valence electrons. The van der Waals surface area contributed by atoms with Gasteiger partial charge in [-0.05, 0) is 31.5 Å². The SMILES string of the molecule is CN(C)c1ccccc1NC(=O)[C@@H]1CCCNC1. The van der Waals surface area contributed by atoms with Gasteiger partial charge in [0.25, 0.3) is 0 Å². The van der Waals surface area contributed by atoms with E-state index in [1.54, 1.807) is 0 Å². The Morgan fingerprint density at radius 3 is 2.83 bits per heavy atom. The highest BCUT2D eigenvalue weighted by atomic mass is 16.1. The zero-order valence-electron chi connectivity index (χ0n) is 11.1. The average Bonchev–Trinajstić information content (AvgIpc) is 2.40. The topological polar surface area (TPSA) is 44.4 Å². The van der Waals surface area contributed by atoms with Crippen molar-refractivity contribution in [3.8, 4) is 0 Å². The molecule has 1 aliphatic heterocycles. The monoisotopic (exact) mass is 247 g/mol. The maximum absolute atomic E-state index is 12.2. The average molecular weight is 247 g/mol. The molecule has 1 amide bonds. The molecule has 0 bridgehead atoms. The maximum atomic E-state index is 12.2. The zero-order chi connectivity index (χ0) is 13.0. The molecule has 4 heteroatoms. The number of rotatable bonds is 3. The summed E-state index contributed by atoms with van der Waals surface area (Å²) in [6.07, 6.45) is 2.05. The Hall–Kier alpha value is -1.55. The van der Waals surface area contributed by atoms with Crippen molar-refractivity contribution in [1.29, 1.82) is 0 Å². The van der Waals surface area contributed by atoms with E-state index >= 15 is 0 Å². The van der Waals surface area contributed by atoms with Crippen LogP contribution in [0.25, 0.3) is 0 Å². The highest BCUT2D eigenvalue weighted by molar-refractivity contribution is 5.95. The van der Waals surface area contributed by atoms with Gasteiger partial charge in [-0.1, -0.05) is 12.1 Å². The smallest absolute Gasteiger partial charge is 0.228 e. The Balaban J connectivity index is 2.06. The molecule has 0 aromatic heterocycles. The zero-order valence-corrected chi connectivity index (χ0v) is 11.1. The number of amides is 1. The number of hydrogen-bond donors (Lipinski definition) is 2. The van der Waals surface area contributed by atoms with E-state index in [1.165, 1.54) is 0 Å². The van der Waals surface area contributed by atoms with Crippen LogP contribution in [0.4, 0.5) is 11.4 Å². The summed E-state index contributed by atoms with van der Waals surface area (Å²) in [5.41, 5.74) is 1.92. The lowest BCUT2D eigenvalue weighted by atomic mass is 9.98. The van der Waals surface area contributed by atoms with Crippen LogP contribution in [0.3, 0.4) is 0 Å². The van der Waals surface area contributed by atoms with Crippen LogP contribution in [0.1, 0.15) is 12.8 Å². The van der Waals surface area contributed by atoms with Crippen molar-refractivity contribution in [1.82, 2.24) is 5.32 Å². The van der Waals surface area contributed by atoms with Gasteiger partial charge in [-0.2, -0.15) is 0 Å². The number of carbonyl (C=O) groups is 1. The molecule has 2 rings (SSSR count). The summed E-state index contributed by atoms with van der Waals surface area (Å²) < 4.78 is 0. The normalized spacial score (nSPS) is 19.3. The molecule has 1 fully saturated rings. The predicted molar refractivity (Wildman–Crippen MR) is 75.0 cm³/mol. The Kier molecular flexibility index (Phi) is 4.20. The van der Waals surface area contributed by atoms with Crippen molar-refractivity contribution in [2.45, 2.75) is 12.8 Å². The molecule has 1 aliphatic rings. The van der Waals surface area contributed by atoms with Crippen LogP contribution < -0.4 is 15.5 Å². The van der Waals surface area contributed by atoms with Crippen molar-refractivity contribution in [2.75, 3.05) is 37.4 Å². The Morgan fingerprint density at radius 2 is 2.17 bits per heavy atom. The van der Waals surface area contributed by atoms with E-state index in [1.807, 2.05) is 43.3 Å². The van der Waals surface area contributed by atoms with E-state index in [0.29, 0.717) is 0 Å². The lowest BCUT2D eigenvalue weighted by Gasteiger charge is -2.23. The second kappa shape index (κ2) is 5.87. The summed E-state index contributed by atoms with van der Waals surface area (Å²) in [5.74, 6) is 0.213. The molecule has 0 spiro atoms. The first kappa shape index (κ1) is 12.9. The number of piperidine rings is 1. The molecular formula is C14H21N3O. The van der Waals surface area contributed by atoms with Crippen LogP contribution >= 0.6 is 0 Å². The van der Waals surface area contributed by atoms with Crippen molar-refractivity contribution < 1.29 is 4.79 Å². The van der Waals surface area contributed by atoms with Gasteiger partial charge in [0.15, 0.2) is 0 Å². The van der Waals surface area contributed by atoms with Gasteiger partial charge in [0.1, 0.15) is 0 Å². The van der Waals surface area contributed by atoms with Crippen molar-refractivity contribution in [2.24, 2.45) is 5.92 Å². The fourth-order valence-electron chi connectivity index (χ4n) is 2.28. The minimum Gasteiger partial charge on any atom is -0.376 e. The number of hydrogen-bond acceptors (Lipinski definition) is 3. The highest BCUT2D eigenvalue weighted by Crippen LogP contribution is 2.24. The third-order valence-electron chi connectivity index (χ3n) is 3.31. The molecule has 0 radical (unpaired) electrons. The molecule has 0 aliphatic carbocycles. The number of para-hydroxylation sites is 2. The lowest BCUT2D eigenvalue weighted by molar-refractivity contribution is -0.120. The van der Waals surface area contributed by atoms with Gasteiger partial charge in [0.05, 0.1) is 17.3 Å². The lowest BCUT2D eigenvalue weighted by Crippen LogP contribution is -2.37. The molecule has 0 unspecified atom stereocenters. The number of nitrogens with zero attached hydrogens (tertiary/aromatic N) is 1. The first-order chi connectivity index (χ1) is 8.68. The van der Waals surface area contributed by atoms with Crippen LogP contribution in [0, 0.1) is 5.92 Å². The molecular weight excluding hydrogens is 226 g/mol. The molecule has 1 aromatic rings. The molecule has 1 saturated heterocycles. The molecule has 1 atom stereocenters. The van der Waals surface area contributed by atoms with Crippen molar-refractivity contribution >= 4 is 17.3 Å². The van der Waals surface area contributed by atoms with Crippen molar-refractivity contribution in [3.05, 3.63) is 24.3 Å². The molecule has 1 aromatic carbocycles. The standard InChI is InChI=1S/C14H21N3O/c1-17(2)13-8-4-3-7-12(13)16-14(18)11-6-5-9-15-10-11/h3-4,7-8,11,15H,5-6,9-10H2,1-2H3,(H,16,18)/t11-/m1/s1.